The van der Waals surface area contributed by atoms with Gasteiger partial charge in [0.05, 0.1) is 6.04 Å². The highest BCUT2D eigenvalue weighted by molar-refractivity contribution is 5.79. The van der Waals surface area contributed by atoms with E-state index < -0.39 is 0 Å². The molecule has 5 nitrogen and oxygen atoms in total. The molecular weight excluding hydrogens is 264 g/mol. The molecule has 2 heterocycles. The average Bonchev–Trinajstić information content (AvgIpc) is 2.94. The summed E-state index contributed by atoms with van der Waals surface area (Å²) in [5.74, 6) is 2.04. The van der Waals surface area contributed by atoms with Crippen LogP contribution >= 0.6 is 0 Å². The highest BCUT2D eigenvalue weighted by atomic mass is 16.2. The van der Waals surface area contributed by atoms with Crippen molar-refractivity contribution in [2.45, 2.75) is 51.5 Å². The average molecular weight is 290 g/mol. The molecule has 3 rings (SSSR count). The molecule has 1 aromatic rings. The molecule has 0 bridgehead atoms. The van der Waals surface area contributed by atoms with Crippen molar-refractivity contribution in [2.24, 2.45) is 11.8 Å². The summed E-state index contributed by atoms with van der Waals surface area (Å²) in [6.45, 7) is 4.01. The van der Waals surface area contributed by atoms with Crippen molar-refractivity contribution in [3.8, 4) is 0 Å². The summed E-state index contributed by atoms with van der Waals surface area (Å²) in [5.41, 5.74) is 5.67. The van der Waals surface area contributed by atoms with Gasteiger partial charge in [0, 0.05) is 25.2 Å². The summed E-state index contributed by atoms with van der Waals surface area (Å²) >= 11 is 0. The van der Waals surface area contributed by atoms with E-state index in [0.29, 0.717) is 17.8 Å². The standard InChI is InChI=1S/C16H26N4O/c1-12-2-4-13(5-3-12)16(21)19-9-6-14(7-10-19)20-11-8-15(17)18-20/h8,11-14H,2-7,9-10H2,1H3,(H2,17,18). The first-order valence-corrected chi connectivity index (χ1v) is 8.23. The van der Waals surface area contributed by atoms with Crippen LogP contribution in [0.1, 0.15) is 51.5 Å². The molecule has 0 atom stereocenters. The van der Waals surface area contributed by atoms with E-state index in [1.54, 1.807) is 0 Å². The van der Waals surface area contributed by atoms with Crippen molar-refractivity contribution >= 4 is 11.7 Å². The summed E-state index contributed by atoms with van der Waals surface area (Å²) in [7, 11) is 0. The highest BCUT2D eigenvalue weighted by Gasteiger charge is 2.31. The minimum atomic E-state index is 0.276. The van der Waals surface area contributed by atoms with E-state index in [4.69, 9.17) is 5.73 Å². The van der Waals surface area contributed by atoms with Gasteiger partial charge in [-0.3, -0.25) is 9.48 Å². The van der Waals surface area contributed by atoms with E-state index in [1.807, 2.05) is 16.9 Å². The Morgan fingerprint density at radius 1 is 1.19 bits per heavy atom. The molecule has 0 unspecified atom stereocenters. The fourth-order valence-electron chi connectivity index (χ4n) is 3.67. The van der Waals surface area contributed by atoms with Crippen LogP contribution in [0.4, 0.5) is 5.82 Å². The first kappa shape index (κ1) is 14.4. The van der Waals surface area contributed by atoms with Gasteiger partial charge in [-0.2, -0.15) is 5.10 Å². The zero-order chi connectivity index (χ0) is 14.8. The Labute approximate surface area is 126 Å². The Bertz CT molecular complexity index is 482. The predicted molar refractivity (Wildman–Crippen MR) is 82.6 cm³/mol. The Morgan fingerprint density at radius 3 is 2.43 bits per heavy atom. The quantitative estimate of drug-likeness (QED) is 0.910. The monoisotopic (exact) mass is 290 g/mol. The number of carbonyl (C=O) groups excluding carboxylic acids is 1. The summed E-state index contributed by atoms with van der Waals surface area (Å²) < 4.78 is 1.96. The zero-order valence-electron chi connectivity index (χ0n) is 12.9. The zero-order valence-corrected chi connectivity index (χ0v) is 12.9. The van der Waals surface area contributed by atoms with Crippen LogP contribution < -0.4 is 5.73 Å². The predicted octanol–water partition coefficient (Wildman–Crippen LogP) is 2.46. The molecule has 2 aliphatic rings. The van der Waals surface area contributed by atoms with Crippen LogP contribution in [0.3, 0.4) is 0 Å². The number of nitrogens with two attached hydrogens (primary N) is 1. The van der Waals surface area contributed by atoms with E-state index >= 15 is 0 Å². The van der Waals surface area contributed by atoms with E-state index in [9.17, 15) is 4.79 Å². The highest BCUT2D eigenvalue weighted by Crippen LogP contribution is 2.31. The van der Waals surface area contributed by atoms with Gasteiger partial charge in [-0.15, -0.1) is 0 Å². The van der Waals surface area contributed by atoms with Crippen molar-refractivity contribution in [1.82, 2.24) is 14.7 Å². The lowest BCUT2D eigenvalue weighted by atomic mass is 9.82. The van der Waals surface area contributed by atoms with Gasteiger partial charge in [-0.05, 0) is 50.5 Å². The normalized spacial score (nSPS) is 27.8. The Hall–Kier alpha value is -1.52. The molecule has 1 amide bonds. The number of aromatic nitrogens is 2. The van der Waals surface area contributed by atoms with Gasteiger partial charge in [0.2, 0.25) is 5.91 Å². The summed E-state index contributed by atoms with van der Waals surface area (Å²) in [6, 6.07) is 2.22. The number of piperidine rings is 1. The topological polar surface area (TPSA) is 64.2 Å². The number of carbonyl (C=O) groups is 1. The minimum Gasteiger partial charge on any atom is -0.382 e. The molecule has 21 heavy (non-hydrogen) atoms. The first-order chi connectivity index (χ1) is 10.1. The first-order valence-electron chi connectivity index (χ1n) is 8.23. The van der Waals surface area contributed by atoms with E-state index in [0.717, 1.165) is 44.7 Å². The molecule has 1 aromatic heterocycles. The smallest absolute Gasteiger partial charge is 0.225 e. The van der Waals surface area contributed by atoms with Gasteiger partial charge in [-0.25, -0.2) is 0 Å². The molecule has 1 aliphatic carbocycles. The van der Waals surface area contributed by atoms with E-state index in [-0.39, 0.29) is 5.92 Å². The lowest BCUT2D eigenvalue weighted by molar-refractivity contribution is -0.138. The van der Waals surface area contributed by atoms with Crippen LogP contribution in [0.5, 0.6) is 0 Å². The van der Waals surface area contributed by atoms with Crippen molar-refractivity contribution < 1.29 is 4.79 Å². The number of amides is 1. The number of nitrogen functional groups attached to an aromatic ring is 1. The second-order valence-electron chi connectivity index (χ2n) is 6.73. The second-order valence-corrected chi connectivity index (χ2v) is 6.73. The summed E-state index contributed by atoms with van der Waals surface area (Å²) in [6.07, 6.45) is 8.48. The summed E-state index contributed by atoms with van der Waals surface area (Å²) in [4.78, 5) is 14.7. The molecule has 2 N–H and O–H groups in total. The van der Waals surface area contributed by atoms with Crippen molar-refractivity contribution in [3.05, 3.63) is 12.3 Å². The van der Waals surface area contributed by atoms with Crippen LogP contribution in [0.2, 0.25) is 0 Å². The molecule has 1 aliphatic heterocycles. The number of hydrogen-bond acceptors (Lipinski definition) is 3. The SMILES string of the molecule is CC1CCC(C(=O)N2CCC(n3ccc(N)n3)CC2)CC1. The van der Waals surface area contributed by atoms with Gasteiger partial charge >= 0.3 is 0 Å². The van der Waals surface area contributed by atoms with Gasteiger partial charge < -0.3 is 10.6 Å². The van der Waals surface area contributed by atoms with Crippen molar-refractivity contribution in [1.29, 1.82) is 0 Å². The van der Waals surface area contributed by atoms with Crippen LogP contribution in [0.25, 0.3) is 0 Å². The molecular formula is C16H26N4O. The molecule has 0 aromatic carbocycles. The molecule has 2 fully saturated rings. The maximum atomic E-state index is 12.6. The van der Waals surface area contributed by atoms with Crippen LogP contribution in [0, 0.1) is 11.8 Å². The van der Waals surface area contributed by atoms with Gasteiger partial charge in [-0.1, -0.05) is 6.92 Å². The molecule has 1 saturated heterocycles. The maximum Gasteiger partial charge on any atom is 0.225 e. The van der Waals surface area contributed by atoms with E-state index in [1.165, 1.54) is 12.8 Å². The number of nitrogens with zero attached hydrogens (tertiary/aromatic N) is 3. The van der Waals surface area contributed by atoms with Crippen LogP contribution in [-0.4, -0.2) is 33.7 Å². The number of likely N-dealkylation sites (tertiary alicyclic amines) is 1. The fourth-order valence-corrected chi connectivity index (χ4v) is 3.67. The molecule has 116 valence electrons. The fraction of sp³-hybridized carbons (Fsp3) is 0.750. The molecule has 1 saturated carbocycles. The lowest BCUT2D eigenvalue weighted by Gasteiger charge is -2.36. The van der Waals surface area contributed by atoms with E-state index in [2.05, 4.69) is 16.9 Å². The van der Waals surface area contributed by atoms with Crippen LogP contribution in [-0.2, 0) is 4.79 Å². The van der Waals surface area contributed by atoms with Gasteiger partial charge in [0.1, 0.15) is 5.82 Å². The van der Waals surface area contributed by atoms with Crippen molar-refractivity contribution in [2.75, 3.05) is 18.8 Å². The van der Waals surface area contributed by atoms with Crippen molar-refractivity contribution in [3.63, 3.8) is 0 Å². The van der Waals surface area contributed by atoms with Gasteiger partial charge in [0.15, 0.2) is 0 Å². The number of rotatable bonds is 2. The Morgan fingerprint density at radius 2 is 1.86 bits per heavy atom. The third kappa shape index (κ3) is 3.22. The molecule has 0 radical (unpaired) electrons. The Balaban J connectivity index is 1.52. The molecule has 0 spiro atoms. The Kier molecular flexibility index (Phi) is 4.17. The number of hydrogen-bond donors (Lipinski definition) is 1. The van der Waals surface area contributed by atoms with Gasteiger partial charge in [0.25, 0.3) is 0 Å². The molecule has 5 heteroatoms. The maximum absolute atomic E-state index is 12.6. The minimum absolute atomic E-state index is 0.276. The summed E-state index contributed by atoms with van der Waals surface area (Å²) in [5, 5.41) is 4.29. The second kappa shape index (κ2) is 6.08. The number of anilines is 1. The van der Waals surface area contributed by atoms with Crippen LogP contribution in [0.15, 0.2) is 12.3 Å². The third-order valence-electron chi connectivity index (χ3n) is 5.14. The largest absolute Gasteiger partial charge is 0.382 e. The lowest BCUT2D eigenvalue weighted by Crippen LogP contribution is -2.43. The third-order valence-corrected chi connectivity index (χ3v) is 5.14.